The van der Waals surface area contributed by atoms with E-state index in [1.54, 1.807) is 12.1 Å². The van der Waals surface area contributed by atoms with Crippen LogP contribution in [0.25, 0.3) is 6.08 Å². The Balaban J connectivity index is 0.00000240. The second-order valence-corrected chi connectivity index (χ2v) is 8.33. The molecule has 0 atom stereocenters. The van der Waals surface area contributed by atoms with Gasteiger partial charge in [0.2, 0.25) is 0 Å². The number of nitrogens with one attached hydrogen (secondary N) is 1. The summed E-state index contributed by atoms with van der Waals surface area (Å²) in [6.45, 7) is 3.75. The molecular formula is C22H23NNa2O4S2. The molecule has 1 heterocycles. The Morgan fingerprint density at radius 3 is 2.42 bits per heavy atom. The quantitative estimate of drug-likeness (QED) is 0.277. The molecule has 1 saturated heterocycles. The summed E-state index contributed by atoms with van der Waals surface area (Å²) in [7, 11) is 0. The number of thioether (sulfide) groups is 1. The van der Waals surface area contributed by atoms with E-state index < -0.39 is 0 Å². The molecule has 0 unspecified atom stereocenters. The van der Waals surface area contributed by atoms with Crippen molar-refractivity contribution < 1.29 is 19.4 Å². The molecule has 9 heteroatoms. The fourth-order valence-electron chi connectivity index (χ4n) is 3.02. The first-order valence-electron chi connectivity index (χ1n) is 9.21. The van der Waals surface area contributed by atoms with Gasteiger partial charge in [-0.1, -0.05) is 55.5 Å². The Kier molecular flexibility index (Phi) is 12.1. The van der Waals surface area contributed by atoms with E-state index in [1.165, 1.54) is 18.7 Å². The van der Waals surface area contributed by atoms with E-state index in [2.05, 4.69) is 5.32 Å². The van der Waals surface area contributed by atoms with Crippen molar-refractivity contribution in [1.29, 1.82) is 0 Å². The molecule has 1 amide bonds. The summed E-state index contributed by atoms with van der Waals surface area (Å²) in [6.07, 6.45) is 3.29. The second-order valence-electron chi connectivity index (χ2n) is 6.62. The van der Waals surface area contributed by atoms with Crippen molar-refractivity contribution in [1.82, 2.24) is 5.32 Å². The third-order valence-corrected chi connectivity index (χ3v) is 5.64. The van der Waals surface area contributed by atoms with Crippen molar-refractivity contribution in [2.75, 3.05) is 0 Å². The van der Waals surface area contributed by atoms with Gasteiger partial charge in [0.25, 0.3) is 5.91 Å². The summed E-state index contributed by atoms with van der Waals surface area (Å²) in [4.78, 5) is 24.0. The summed E-state index contributed by atoms with van der Waals surface area (Å²) in [5, 5.41) is 13.0. The third-order valence-electron chi connectivity index (χ3n) is 4.47. The number of Topliss-reactive ketones (excluding diaryl/α,β-unsaturated/α-hetero) is 1. The maximum absolute atomic E-state index is 11.7. The standard InChI is InChI=1S/C22H21NO4S2.2Na.2H/c1-3-4-18-15(7-10-17(13(2)24)20(18)25)12-27-16-8-5-14(6-9-16)11-19-21(26)23-22(28)29-19;;;;/h5-11,25H,3-4,12H2,1-2H3,(H,23,26,28);;;;/b19-11-;;;;. The molecule has 0 bridgehead atoms. The van der Waals surface area contributed by atoms with E-state index in [1.807, 2.05) is 37.3 Å². The molecule has 31 heavy (non-hydrogen) atoms. The van der Waals surface area contributed by atoms with Crippen molar-refractivity contribution >= 4 is 105 Å². The molecular weight excluding hydrogens is 452 g/mol. The Bertz CT molecular complexity index is 1010. The van der Waals surface area contributed by atoms with Crippen LogP contribution in [0.5, 0.6) is 11.5 Å². The fourth-order valence-corrected chi connectivity index (χ4v) is 4.06. The van der Waals surface area contributed by atoms with Gasteiger partial charge in [0.05, 0.1) is 10.5 Å². The van der Waals surface area contributed by atoms with Gasteiger partial charge in [-0.15, -0.1) is 0 Å². The maximum atomic E-state index is 11.7. The minimum atomic E-state index is -0.183. The van der Waals surface area contributed by atoms with Crippen molar-refractivity contribution in [3.05, 3.63) is 63.6 Å². The van der Waals surface area contributed by atoms with E-state index in [-0.39, 0.29) is 83.2 Å². The summed E-state index contributed by atoms with van der Waals surface area (Å²) in [6, 6.07) is 10.8. The molecule has 0 radical (unpaired) electrons. The van der Waals surface area contributed by atoms with Crippen molar-refractivity contribution in [2.24, 2.45) is 0 Å². The first-order chi connectivity index (χ1) is 13.9. The van der Waals surface area contributed by atoms with Crippen molar-refractivity contribution in [3.8, 4) is 11.5 Å². The summed E-state index contributed by atoms with van der Waals surface area (Å²) in [5.74, 6) is 0.376. The minimum absolute atomic E-state index is 0. The van der Waals surface area contributed by atoms with Gasteiger partial charge in [-0.05, 0) is 48.7 Å². The summed E-state index contributed by atoms with van der Waals surface area (Å²) < 4.78 is 6.34. The number of ether oxygens (including phenoxy) is 1. The Morgan fingerprint density at radius 1 is 1.19 bits per heavy atom. The van der Waals surface area contributed by atoms with Crippen molar-refractivity contribution in [2.45, 2.75) is 33.3 Å². The van der Waals surface area contributed by atoms with E-state index >= 15 is 0 Å². The zero-order valence-electron chi connectivity index (χ0n) is 16.2. The van der Waals surface area contributed by atoms with Gasteiger partial charge in [0.1, 0.15) is 22.4 Å². The Morgan fingerprint density at radius 2 is 1.87 bits per heavy atom. The number of phenols is 1. The van der Waals surface area contributed by atoms with Crippen LogP contribution in [0.2, 0.25) is 0 Å². The van der Waals surface area contributed by atoms with Gasteiger partial charge in [-0.25, -0.2) is 0 Å². The van der Waals surface area contributed by atoms with E-state index in [4.69, 9.17) is 17.0 Å². The number of amides is 1. The molecule has 2 N–H and O–H groups in total. The number of carbonyl (C=O) groups excluding carboxylic acids is 2. The molecule has 1 aliphatic rings. The Hall–Kier alpha value is -0.640. The number of ketones is 1. The average Bonchev–Trinajstić information content (AvgIpc) is 3.00. The molecule has 0 spiro atoms. The van der Waals surface area contributed by atoms with E-state index in [9.17, 15) is 14.7 Å². The van der Waals surface area contributed by atoms with Crippen LogP contribution in [0, 0.1) is 0 Å². The molecule has 3 rings (SSSR count). The number of rotatable bonds is 7. The second kappa shape index (κ2) is 13.2. The van der Waals surface area contributed by atoms with E-state index in [0.717, 1.165) is 23.1 Å². The van der Waals surface area contributed by atoms with Gasteiger partial charge in [-0.3, -0.25) is 9.59 Å². The number of phenolic OH excluding ortho intramolecular Hbond substituents is 1. The molecule has 2 aromatic rings. The molecule has 1 fully saturated rings. The number of carbonyl (C=O) groups is 2. The molecule has 0 saturated carbocycles. The number of hydrogen-bond donors (Lipinski definition) is 2. The first-order valence-corrected chi connectivity index (χ1v) is 10.4. The monoisotopic (exact) mass is 475 g/mol. The van der Waals surface area contributed by atoms with Crippen LogP contribution in [0.1, 0.15) is 47.3 Å². The predicted octanol–water partition coefficient (Wildman–Crippen LogP) is 3.32. The average molecular weight is 476 g/mol. The van der Waals surface area contributed by atoms with Gasteiger partial charge in [-0.2, -0.15) is 0 Å². The normalized spacial score (nSPS) is 13.9. The zero-order chi connectivity index (χ0) is 21.0. The van der Waals surface area contributed by atoms with Gasteiger partial charge >= 0.3 is 59.1 Å². The van der Waals surface area contributed by atoms with E-state index in [0.29, 0.717) is 27.0 Å². The molecule has 5 nitrogen and oxygen atoms in total. The van der Waals surface area contributed by atoms with Gasteiger partial charge in [0, 0.05) is 5.56 Å². The summed E-state index contributed by atoms with van der Waals surface area (Å²) in [5.41, 5.74) is 2.81. The van der Waals surface area contributed by atoms with Gasteiger partial charge < -0.3 is 15.2 Å². The molecule has 0 aromatic heterocycles. The van der Waals surface area contributed by atoms with Crippen LogP contribution >= 0.6 is 24.0 Å². The van der Waals surface area contributed by atoms with Crippen LogP contribution < -0.4 is 10.1 Å². The number of aromatic hydroxyl groups is 1. The molecule has 1 aliphatic heterocycles. The molecule has 2 aromatic carbocycles. The first kappa shape index (κ1) is 28.4. The zero-order valence-corrected chi connectivity index (χ0v) is 17.8. The van der Waals surface area contributed by atoms with Crippen LogP contribution in [0.4, 0.5) is 0 Å². The number of benzene rings is 2. The van der Waals surface area contributed by atoms with Crippen molar-refractivity contribution in [3.63, 3.8) is 0 Å². The number of thiocarbonyl (C=S) groups is 1. The Labute approximate surface area is 236 Å². The van der Waals surface area contributed by atoms with Crippen LogP contribution in [0.3, 0.4) is 0 Å². The summed E-state index contributed by atoms with van der Waals surface area (Å²) >= 11 is 6.23. The predicted molar refractivity (Wildman–Crippen MR) is 133 cm³/mol. The fraction of sp³-hybridized carbons (Fsp3) is 0.227. The topological polar surface area (TPSA) is 75.6 Å². The number of hydrogen-bond acceptors (Lipinski definition) is 6. The van der Waals surface area contributed by atoms with Crippen LogP contribution in [0.15, 0.2) is 41.3 Å². The van der Waals surface area contributed by atoms with Crippen LogP contribution in [-0.2, 0) is 17.8 Å². The molecule has 154 valence electrons. The molecule has 0 aliphatic carbocycles. The van der Waals surface area contributed by atoms with Gasteiger partial charge in [0.15, 0.2) is 5.78 Å². The third kappa shape index (κ3) is 7.44. The van der Waals surface area contributed by atoms with Crippen LogP contribution in [-0.4, -0.2) is 80.2 Å². The SMILES string of the molecule is CCCc1c(COc2ccc(/C=C3\SC(=S)NC3=O)cc2)ccc(C(C)=O)c1O.[NaH].[NaH].